The van der Waals surface area contributed by atoms with Crippen LogP contribution in [0.5, 0.6) is 5.75 Å². The highest BCUT2D eigenvalue weighted by Crippen LogP contribution is 2.32. The number of aryl methyl sites for hydroxylation is 1. The number of methoxy groups -OCH3 is 1. The highest BCUT2D eigenvalue weighted by Gasteiger charge is 2.37. The van der Waals surface area contributed by atoms with E-state index in [0.29, 0.717) is 16.8 Å². The molecule has 4 aliphatic heterocycles. The molecule has 0 saturated carbocycles. The molecule has 0 aromatic heterocycles. The van der Waals surface area contributed by atoms with Crippen molar-refractivity contribution in [3.05, 3.63) is 301 Å². The molecule has 8 amide bonds. The molecule has 546 valence electrons. The molecule has 0 bridgehead atoms. The quantitative estimate of drug-likeness (QED) is 0.0323. The van der Waals surface area contributed by atoms with Crippen molar-refractivity contribution in [3.8, 4) is 5.75 Å². The molecule has 8 aromatic carbocycles. The summed E-state index contributed by atoms with van der Waals surface area (Å²) in [7, 11) is 1.25. The third-order valence-corrected chi connectivity index (χ3v) is 16.0. The van der Waals surface area contributed by atoms with Gasteiger partial charge in [-0.05, 0) is 147 Å². The Labute approximate surface area is 594 Å². The number of halogens is 12. The Hall–Kier alpha value is -13.1. The zero-order valence-corrected chi connectivity index (χ0v) is 55.8. The van der Waals surface area contributed by atoms with Gasteiger partial charge in [0, 0.05) is 63.7 Å². The van der Waals surface area contributed by atoms with E-state index in [2.05, 4.69) is 26.0 Å². The minimum atomic E-state index is -4.56. The number of benzene rings is 8. The minimum Gasteiger partial charge on any atom is -0.503 e. The van der Waals surface area contributed by atoms with Crippen LogP contribution >= 0.6 is 0 Å². The van der Waals surface area contributed by atoms with Crippen LogP contribution in [-0.2, 0) is 75.4 Å². The Balaban J connectivity index is 0.000000164. The van der Waals surface area contributed by atoms with E-state index in [0.717, 1.165) is 110 Å². The van der Waals surface area contributed by atoms with E-state index >= 15 is 0 Å². The summed E-state index contributed by atoms with van der Waals surface area (Å²) in [6.45, 7) is 4.90. The van der Waals surface area contributed by atoms with Crippen molar-refractivity contribution in [1.29, 1.82) is 0 Å². The molecule has 0 fully saturated rings. The van der Waals surface area contributed by atoms with Crippen molar-refractivity contribution in [2.75, 3.05) is 28.4 Å². The predicted octanol–water partition coefficient (Wildman–Crippen LogP) is 13.2. The number of amides is 8. The molecule has 0 saturated heterocycles. The second-order valence-electron chi connectivity index (χ2n) is 23.6. The second-order valence-corrected chi connectivity index (χ2v) is 23.6. The van der Waals surface area contributed by atoms with Gasteiger partial charge in [-0.15, -0.1) is 0 Å². The van der Waals surface area contributed by atoms with E-state index in [-0.39, 0.29) is 99.4 Å². The first-order valence-corrected chi connectivity index (χ1v) is 31.1. The molecule has 0 atom stereocenters. The first kappa shape index (κ1) is 77.1. The summed E-state index contributed by atoms with van der Waals surface area (Å²) in [5.41, 5.74) is 1.35. The van der Waals surface area contributed by atoms with Gasteiger partial charge in [-0.2, -0.15) is 13.2 Å². The van der Waals surface area contributed by atoms with Crippen LogP contribution in [-0.4, -0.2) is 85.0 Å². The van der Waals surface area contributed by atoms with Crippen LogP contribution in [0, 0.1) is 80.0 Å². The summed E-state index contributed by atoms with van der Waals surface area (Å²) < 4.78 is 165. The summed E-state index contributed by atoms with van der Waals surface area (Å²) >= 11 is 0. The number of rotatable bonds is 17. The highest BCUT2D eigenvalue weighted by molar-refractivity contribution is 6.19. The zero-order valence-electron chi connectivity index (χ0n) is 55.8. The van der Waals surface area contributed by atoms with Crippen molar-refractivity contribution in [3.63, 3.8) is 0 Å². The maximum Gasteiger partial charge on any atom is 0.416 e. The Morgan fingerprint density at radius 1 is 0.387 bits per heavy atom. The number of esters is 1. The van der Waals surface area contributed by atoms with Crippen molar-refractivity contribution in [2.24, 2.45) is 0 Å². The van der Waals surface area contributed by atoms with Crippen LogP contribution in [0.3, 0.4) is 0 Å². The number of anilines is 4. The molecular weight excluding hydrogens is 1420 g/mol. The molecule has 5 N–H and O–H groups in total. The molecule has 4 heterocycles. The van der Waals surface area contributed by atoms with Gasteiger partial charge in [0.1, 0.15) is 63.5 Å². The maximum absolute atomic E-state index is 13.7. The van der Waals surface area contributed by atoms with Gasteiger partial charge in [0.05, 0.1) is 44.4 Å². The van der Waals surface area contributed by atoms with Gasteiger partial charge >= 0.3 is 12.1 Å². The number of aromatic hydroxyl groups is 1. The maximum atomic E-state index is 13.7. The summed E-state index contributed by atoms with van der Waals surface area (Å²) in [6, 6.07) is 31.2. The number of phenols is 1. The zero-order chi connectivity index (χ0) is 77.3. The van der Waals surface area contributed by atoms with Gasteiger partial charge in [0.15, 0.2) is 17.4 Å². The lowest BCUT2D eigenvalue weighted by Crippen LogP contribution is -2.31. The Morgan fingerprint density at radius 3 is 1.06 bits per heavy atom. The third-order valence-electron chi connectivity index (χ3n) is 16.0. The van der Waals surface area contributed by atoms with E-state index in [1.807, 2.05) is 19.1 Å². The fraction of sp³-hybridized carbons (Fsp3) is 0.133. The average Bonchev–Trinajstić information content (AvgIpc) is 1.67. The normalized spacial score (nSPS) is 14.0. The molecule has 0 aliphatic carbocycles. The fourth-order valence-corrected chi connectivity index (χ4v) is 10.2. The molecular formula is C75H56F12N8O11. The van der Waals surface area contributed by atoms with Crippen LogP contribution < -0.4 is 21.3 Å². The number of carbonyl (C=O) groups is 9. The van der Waals surface area contributed by atoms with E-state index in [4.69, 9.17) is 5.11 Å². The number of ether oxygens (including phenoxy) is 1. The number of nitrogens with one attached hydrogen (secondary N) is 4. The van der Waals surface area contributed by atoms with Crippen LogP contribution in [0.4, 0.5) is 75.4 Å². The Bertz CT molecular complexity index is 4970. The van der Waals surface area contributed by atoms with Crippen molar-refractivity contribution >= 4 is 76.0 Å². The largest absolute Gasteiger partial charge is 0.503 e. The van der Waals surface area contributed by atoms with Crippen molar-refractivity contribution in [1.82, 2.24) is 19.6 Å². The monoisotopic (exact) mass is 1470 g/mol. The standard InChI is InChI=1S/C20H16F2N2O4.C19H13F5N2O2.C18H13F3N2O2.C18H14F2N2O3/c1-11-15(21)7-14(8-16(11)22)23-17-9-18(25)24(19(17)26)10-12-4-3-5-13(6-12)20(27)28-2;1-10-14(20)6-13(7-15(10)21)25-16-8-17(27)26(18(16)28)9-11-3-2-4-12(5-11)19(22,23)24;1-10-14(20)6-13(7-15(10)21)22-16-8-17(24)23(18(16)25)9-11-3-2-4-12(19)5-11;1-10-2-4-12(5-3-10)21-15-8-16(23)22(18(15)25)9-11-6-13(19)17(24)14(20)7-11/h3-9,23H,10H2,1-2H3;2-8,25H,9H2,1H3;2-8,22H,9H2,1H3;2-8,21,24H,9H2,1H3. The summed E-state index contributed by atoms with van der Waals surface area (Å²) in [5.74, 6) is -14.4. The van der Waals surface area contributed by atoms with Gasteiger partial charge in [-0.3, -0.25) is 58.0 Å². The second kappa shape index (κ2) is 32.5. The van der Waals surface area contributed by atoms with Gasteiger partial charge in [-0.25, -0.2) is 44.3 Å². The number of phenolic OH excluding ortho intramolecular Hbond substituents is 1. The average molecular weight is 1470 g/mol. The number of alkyl halides is 3. The highest BCUT2D eigenvalue weighted by atomic mass is 19.4. The minimum absolute atomic E-state index is 0.0144. The molecule has 19 nitrogen and oxygen atoms in total. The molecule has 8 aromatic rings. The van der Waals surface area contributed by atoms with Gasteiger partial charge in [0.2, 0.25) is 0 Å². The summed E-state index contributed by atoms with van der Waals surface area (Å²) in [6.07, 6.45) is -0.403. The summed E-state index contributed by atoms with van der Waals surface area (Å²) in [5, 5.41) is 19.6. The number of hydrogen-bond donors (Lipinski definition) is 5. The van der Waals surface area contributed by atoms with E-state index < -0.39 is 123 Å². The molecule has 0 spiro atoms. The van der Waals surface area contributed by atoms with Crippen LogP contribution in [0.2, 0.25) is 0 Å². The van der Waals surface area contributed by atoms with Crippen LogP contribution in [0.1, 0.15) is 60.4 Å². The van der Waals surface area contributed by atoms with E-state index in [9.17, 15) is 95.8 Å². The number of carbonyl (C=O) groups excluding carboxylic acids is 9. The number of nitrogens with zero attached hydrogens (tertiary/aromatic N) is 4. The Kier molecular flexibility index (Phi) is 23.6. The molecule has 106 heavy (non-hydrogen) atoms. The lowest BCUT2D eigenvalue weighted by atomic mass is 10.1. The number of imide groups is 4. The van der Waals surface area contributed by atoms with E-state index in [1.54, 1.807) is 36.4 Å². The Morgan fingerprint density at radius 2 is 0.708 bits per heavy atom. The fourth-order valence-electron chi connectivity index (χ4n) is 10.2. The molecule has 31 heteroatoms. The first-order chi connectivity index (χ1) is 50.0. The van der Waals surface area contributed by atoms with Gasteiger partial charge in [0.25, 0.3) is 47.3 Å². The summed E-state index contributed by atoms with van der Waals surface area (Å²) in [4.78, 5) is 113. The smallest absolute Gasteiger partial charge is 0.416 e. The number of hydrogen-bond acceptors (Lipinski definition) is 15. The van der Waals surface area contributed by atoms with Gasteiger partial charge in [-0.1, -0.05) is 54.1 Å². The molecule has 0 unspecified atom stereocenters. The van der Waals surface area contributed by atoms with Crippen LogP contribution in [0.25, 0.3) is 0 Å². The SMILES string of the molecule is COC(=O)c1cccc(CN2C(=O)C=C(Nc3cc(F)c(C)c(F)c3)C2=O)c1.Cc1c(F)cc(NC2=CC(=O)N(Cc3cccc(C(F)(F)F)c3)C2=O)cc1F.Cc1c(F)cc(NC2=CC(=O)N(Cc3cccc(F)c3)C2=O)cc1F.Cc1ccc(NC2=CC(=O)N(Cc3cc(F)c(O)c(F)c3)C2=O)cc1. The molecule has 0 radical (unpaired) electrons. The lowest BCUT2D eigenvalue weighted by Gasteiger charge is -2.16. The lowest BCUT2D eigenvalue weighted by molar-refractivity contribution is -0.139. The third kappa shape index (κ3) is 18.6. The predicted molar refractivity (Wildman–Crippen MR) is 357 cm³/mol. The molecule has 4 aliphatic rings. The van der Waals surface area contributed by atoms with Crippen molar-refractivity contribution < 1.29 is 106 Å². The first-order valence-electron chi connectivity index (χ1n) is 31.1. The van der Waals surface area contributed by atoms with Gasteiger partial charge < -0.3 is 31.1 Å². The topological polar surface area (TPSA) is 244 Å². The van der Waals surface area contributed by atoms with E-state index in [1.165, 1.54) is 64.3 Å². The van der Waals surface area contributed by atoms with Crippen molar-refractivity contribution in [2.45, 2.75) is 60.1 Å². The molecule has 12 rings (SSSR count). The van der Waals surface area contributed by atoms with Crippen LogP contribution in [0.15, 0.2) is 193 Å².